The molecule has 2 rings (SSSR count). The second kappa shape index (κ2) is 3.76. The molecule has 3 N–H and O–H groups in total. The smallest absolute Gasteiger partial charge is 0.294 e. The fourth-order valence-electron chi connectivity index (χ4n) is 1.59. The van der Waals surface area contributed by atoms with Crippen LogP contribution < -0.4 is 5.32 Å². The standard InChI is InChI=1S/C8H12N2O5/c1-3(12)9-8-10-7-6(15-8)5(13)4(2-11)14-7/h4-7,11,13H,2H2,1H3,(H,9,10,12)/t4-,5-,6+,7-/m1/s1. The number of hydrogen-bond acceptors (Lipinski definition) is 6. The van der Waals surface area contributed by atoms with Crippen LogP contribution in [0.4, 0.5) is 0 Å². The van der Waals surface area contributed by atoms with E-state index < -0.39 is 24.5 Å². The molecule has 0 radical (unpaired) electrons. The van der Waals surface area contributed by atoms with Gasteiger partial charge in [0, 0.05) is 6.92 Å². The second-order valence-corrected chi connectivity index (χ2v) is 3.44. The Balaban J connectivity index is 2.01. The lowest BCUT2D eigenvalue weighted by molar-refractivity contribution is -0.118. The van der Waals surface area contributed by atoms with Gasteiger partial charge in [-0.25, -0.2) is 0 Å². The summed E-state index contributed by atoms with van der Waals surface area (Å²) in [5, 5.41) is 20.8. The highest BCUT2D eigenvalue weighted by molar-refractivity contribution is 5.93. The Morgan fingerprint density at radius 1 is 1.67 bits per heavy atom. The Hall–Kier alpha value is -1.18. The number of rotatable bonds is 1. The summed E-state index contributed by atoms with van der Waals surface area (Å²) in [7, 11) is 0. The summed E-state index contributed by atoms with van der Waals surface area (Å²) in [6, 6.07) is 0.0490. The quantitative estimate of drug-likeness (QED) is 0.468. The summed E-state index contributed by atoms with van der Waals surface area (Å²) in [6.45, 7) is 1.04. The zero-order valence-electron chi connectivity index (χ0n) is 8.08. The number of fused-ring (bicyclic) bond motifs is 1. The predicted molar refractivity (Wildman–Crippen MR) is 47.9 cm³/mol. The molecule has 7 heteroatoms. The third-order valence-corrected chi connectivity index (χ3v) is 2.27. The Kier molecular flexibility index (Phi) is 2.59. The van der Waals surface area contributed by atoms with Crippen LogP contribution in [0, 0.1) is 0 Å². The van der Waals surface area contributed by atoms with Gasteiger partial charge in [0.05, 0.1) is 6.61 Å². The third kappa shape index (κ3) is 1.81. The molecule has 0 aromatic heterocycles. The van der Waals surface area contributed by atoms with Gasteiger partial charge in [0.25, 0.3) is 6.02 Å². The molecule has 0 saturated carbocycles. The van der Waals surface area contributed by atoms with Gasteiger partial charge >= 0.3 is 0 Å². The summed E-state index contributed by atoms with van der Waals surface area (Å²) >= 11 is 0. The molecule has 4 atom stereocenters. The molecule has 1 fully saturated rings. The van der Waals surface area contributed by atoms with Crippen molar-refractivity contribution in [3.05, 3.63) is 0 Å². The van der Waals surface area contributed by atoms with Crippen LogP contribution in [0.3, 0.4) is 0 Å². The number of nitrogens with zero attached hydrogens (tertiary/aromatic N) is 1. The summed E-state index contributed by atoms with van der Waals surface area (Å²) in [4.78, 5) is 14.6. The zero-order valence-corrected chi connectivity index (χ0v) is 8.08. The van der Waals surface area contributed by atoms with E-state index in [0.717, 1.165) is 0 Å². The minimum absolute atomic E-state index is 0.0490. The minimum Gasteiger partial charge on any atom is -0.454 e. The summed E-state index contributed by atoms with van der Waals surface area (Å²) in [6.07, 6.45) is -2.92. The first-order valence-electron chi connectivity index (χ1n) is 4.58. The van der Waals surface area contributed by atoms with Gasteiger partial charge in [0.2, 0.25) is 5.91 Å². The number of aliphatic imine (C=N–C) groups is 1. The average Bonchev–Trinajstić information content (AvgIpc) is 2.65. The number of amides is 1. The van der Waals surface area contributed by atoms with Crippen LogP contribution in [0.5, 0.6) is 0 Å². The van der Waals surface area contributed by atoms with Crippen molar-refractivity contribution < 1.29 is 24.5 Å². The lowest BCUT2D eigenvalue weighted by Gasteiger charge is -2.14. The molecule has 2 heterocycles. The number of ether oxygens (including phenoxy) is 2. The summed E-state index contributed by atoms with van der Waals surface area (Å²) in [5.41, 5.74) is 0. The van der Waals surface area contributed by atoms with Gasteiger partial charge in [-0.1, -0.05) is 0 Å². The highest BCUT2D eigenvalue weighted by Crippen LogP contribution is 2.28. The molecule has 0 spiro atoms. The van der Waals surface area contributed by atoms with Gasteiger partial charge in [-0.3, -0.25) is 10.1 Å². The van der Waals surface area contributed by atoms with Crippen molar-refractivity contribution in [3.8, 4) is 0 Å². The molecule has 1 saturated heterocycles. The molecule has 2 aliphatic heterocycles. The van der Waals surface area contributed by atoms with E-state index in [9.17, 15) is 9.90 Å². The van der Waals surface area contributed by atoms with Crippen molar-refractivity contribution in [2.24, 2.45) is 4.99 Å². The van der Waals surface area contributed by atoms with E-state index in [1.165, 1.54) is 6.92 Å². The molecule has 0 aliphatic carbocycles. The van der Waals surface area contributed by atoms with Crippen LogP contribution in [0.2, 0.25) is 0 Å². The maximum absolute atomic E-state index is 10.7. The molecular weight excluding hydrogens is 204 g/mol. The van der Waals surface area contributed by atoms with E-state index in [1.54, 1.807) is 0 Å². The molecule has 1 amide bonds. The minimum atomic E-state index is -0.935. The van der Waals surface area contributed by atoms with Gasteiger partial charge < -0.3 is 19.7 Å². The van der Waals surface area contributed by atoms with Gasteiger partial charge in [0.1, 0.15) is 12.2 Å². The first-order chi connectivity index (χ1) is 7.11. The zero-order chi connectivity index (χ0) is 11.0. The highest BCUT2D eigenvalue weighted by Gasteiger charge is 2.49. The van der Waals surface area contributed by atoms with Crippen molar-refractivity contribution in [3.63, 3.8) is 0 Å². The Morgan fingerprint density at radius 2 is 2.40 bits per heavy atom. The van der Waals surface area contributed by atoms with Crippen LogP contribution in [0.15, 0.2) is 4.99 Å². The molecule has 84 valence electrons. The van der Waals surface area contributed by atoms with Crippen molar-refractivity contribution in [1.82, 2.24) is 5.32 Å². The fraction of sp³-hybridized carbons (Fsp3) is 0.750. The van der Waals surface area contributed by atoms with E-state index in [1.807, 2.05) is 0 Å². The number of hydrogen-bond donors (Lipinski definition) is 3. The fourth-order valence-corrected chi connectivity index (χ4v) is 1.59. The molecule has 0 unspecified atom stereocenters. The molecule has 0 bridgehead atoms. The maximum Gasteiger partial charge on any atom is 0.294 e. The van der Waals surface area contributed by atoms with E-state index in [-0.39, 0.29) is 18.5 Å². The van der Waals surface area contributed by atoms with E-state index in [0.29, 0.717) is 0 Å². The van der Waals surface area contributed by atoms with Crippen molar-refractivity contribution in [2.45, 2.75) is 31.5 Å². The second-order valence-electron chi connectivity index (χ2n) is 3.44. The SMILES string of the molecule is CC(=O)NC1=N[C@@H]2O[C@H](CO)[C@@H](O)[C@@H]2O1. The molecule has 0 aromatic rings. The van der Waals surface area contributed by atoms with Crippen LogP contribution in [0.1, 0.15) is 6.92 Å². The Bertz CT molecular complexity index is 305. The number of amidine groups is 1. The number of carbonyl (C=O) groups is 1. The molecular formula is C8H12N2O5. The number of aliphatic hydroxyl groups excluding tert-OH is 2. The normalized spacial score (nSPS) is 38.2. The van der Waals surface area contributed by atoms with Gasteiger partial charge in [-0.05, 0) is 0 Å². The molecule has 15 heavy (non-hydrogen) atoms. The average molecular weight is 216 g/mol. The van der Waals surface area contributed by atoms with Crippen molar-refractivity contribution >= 4 is 11.9 Å². The summed E-state index contributed by atoms with van der Waals surface area (Å²) in [5.74, 6) is -0.304. The number of aliphatic hydroxyl groups is 2. The van der Waals surface area contributed by atoms with Crippen molar-refractivity contribution in [2.75, 3.05) is 6.61 Å². The van der Waals surface area contributed by atoms with E-state index >= 15 is 0 Å². The Labute approximate surface area is 85.7 Å². The van der Waals surface area contributed by atoms with E-state index in [4.69, 9.17) is 14.6 Å². The predicted octanol–water partition coefficient (Wildman–Crippen LogP) is -2.04. The van der Waals surface area contributed by atoms with Crippen LogP contribution in [-0.2, 0) is 14.3 Å². The van der Waals surface area contributed by atoms with Crippen molar-refractivity contribution in [1.29, 1.82) is 0 Å². The molecule has 0 aromatic carbocycles. The van der Waals surface area contributed by atoms with Gasteiger partial charge in [0.15, 0.2) is 12.3 Å². The van der Waals surface area contributed by atoms with Crippen LogP contribution >= 0.6 is 0 Å². The number of nitrogens with one attached hydrogen (secondary N) is 1. The first kappa shape index (κ1) is 10.3. The Morgan fingerprint density at radius 3 is 2.93 bits per heavy atom. The molecule has 7 nitrogen and oxygen atoms in total. The first-order valence-corrected chi connectivity index (χ1v) is 4.58. The van der Waals surface area contributed by atoms with Crippen LogP contribution in [0.25, 0.3) is 0 Å². The molecule has 2 aliphatic rings. The van der Waals surface area contributed by atoms with Gasteiger partial charge in [-0.15, -0.1) is 0 Å². The lowest BCUT2D eigenvalue weighted by Crippen LogP contribution is -2.37. The van der Waals surface area contributed by atoms with Crippen LogP contribution in [-0.4, -0.2) is 53.3 Å². The monoisotopic (exact) mass is 216 g/mol. The maximum atomic E-state index is 10.7. The third-order valence-electron chi connectivity index (χ3n) is 2.27. The number of carbonyl (C=O) groups excluding carboxylic acids is 1. The topological polar surface area (TPSA) is 100 Å². The van der Waals surface area contributed by atoms with E-state index in [2.05, 4.69) is 10.3 Å². The lowest BCUT2D eigenvalue weighted by atomic mass is 10.1. The largest absolute Gasteiger partial charge is 0.454 e. The summed E-state index contributed by atoms with van der Waals surface area (Å²) < 4.78 is 10.4. The van der Waals surface area contributed by atoms with Gasteiger partial charge in [-0.2, -0.15) is 4.99 Å². The highest BCUT2D eigenvalue weighted by atomic mass is 16.6.